The van der Waals surface area contributed by atoms with E-state index in [0.29, 0.717) is 5.75 Å². The molecule has 0 radical (unpaired) electrons. The van der Waals surface area contributed by atoms with Gasteiger partial charge in [-0.1, -0.05) is 30.3 Å². The Labute approximate surface area is 151 Å². The first-order valence-electron chi connectivity index (χ1n) is 8.41. The van der Waals surface area contributed by atoms with Gasteiger partial charge in [0.2, 0.25) is 5.91 Å². The summed E-state index contributed by atoms with van der Waals surface area (Å²) in [4.78, 5) is 25.8. The second-order valence-electron chi connectivity index (χ2n) is 6.15. The van der Waals surface area contributed by atoms with Crippen LogP contribution < -0.4 is 5.73 Å². The molecule has 1 aromatic heterocycles. The summed E-state index contributed by atoms with van der Waals surface area (Å²) in [6.07, 6.45) is 2.93. The second-order valence-corrected chi connectivity index (χ2v) is 7.14. The number of nitrogens with zero attached hydrogens (tertiary/aromatic N) is 2. The number of aromatic nitrogens is 2. The van der Waals surface area contributed by atoms with Crippen molar-refractivity contribution < 1.29 is 9.59 Å². The quantitative estimate of drug-likeness (QED) is 0.830. The summed E-state index contributed by atoms with van der Waals surface area (Å²) >= 11 is 1.62. The third-order valence-electron chi connectivity index (χ3n) is 4.37. The predicted octanol–water partition coefficient (Wildman–Crippen LogP) is 2.50. The predicted molar refractivity (Wildman–Crippen MR) is 98.0 cm³/mol. The van der Waals surface area contributed by atoms with Gasteiger partial charge in [0, 0.05) is 12.3 Å². The molecule has 1 aromatic carbocycles. The Morgan fingerprint density at radius 3 is 2.80 bits per heavy atom. The number of benzene rings is 1. The van der Waals surface area contributed by atoms with E-state index >= 15 is 0 Å². The number of thioether (sulfide) groups is 1. The molecule has 7 heteroatoms. The Balaban J connectivity index is 1.61. The lowest BCUT2D eigenvalue weighted by atomic mass is 9.99. The summed E-state index contributed by atoms with van der Waals surface area (Å²) in [5, 5.41) is 6.82. The second kappa shape index (κ2) is 8.20. The fourth-order valence-corrected chi connectivity index (χ4v) is 3.97. The highest BCUT2D eigenvalue weighted by molar-refractivity contribution is 7.99. The molecule has 6 nitrogen and oxygen atoms in total. The molecular weight excluding hydrogens is 336 g/mol. The molecule has 2 amide bonds. The van der Waals surface area contributed by atoms with Gasteiger partial charge in [-0.05, 0) is 30.9 Å². The van der Waals surface area contributed by atoms with Crippen LogP contribution in [0.2, 0.25) is 0 Å². The maximum Gasteiger partial charge on any atom is 0.269 e. The van der Waals surface area contributed by atoms with E-state index in [9.17, 15) is 9.59 Å². The van der Waals surface area contributed by atoms with Crippen molar-refractivity contribution in [3.05, 3.63) is 53.3 Å². The zero-order valence-electron chi connectivity index (χ0n) is 14.0. The van der Waals surface area contributed by atoms with Crippen LogP contribution >= 0.6 is 11.8 Å². The highest BCUT2D eigenvalue weighted by atomic mass is 32.2. The molecule has 132 valence electrons. The number of amides is 2. The van der Waals surface area contributed by atoms with Crippen LogP contribution in [-0.4, -0.2) is 39.2 Å². The number of nitrogens with two attached hydrogens (primary N) is 1. The summed E-state index contributed by atoms with van der Waals surface area (Å²) in [7, 11) is 0. The maximum absolute atomic E-state index is 12.7. The molecule has 0 aliphatic carbocycles. The minimum atomic E-state index is -0.561. The smallest absolute Gasteiger partial charge is 0.269 e. The fourth-order valence-electron chi connectivity index (χ4n) is 3.10. The van der Waals surface area contributed by atoms with E-state index < -0.39 is 5.91 Å². The van der Waals surface area contributed by atoms with Gasteiger partial charge in [0.1, 0.15) is 5.69 Å². The number of likely N-dealkylation sites (tertiary alicyclic amines) is 1. The summed E-state index contributed by atoms with van der Waals surface area (Å²) in [5.41, 5.74) is 7.49. The number of rotatable bonds is 6. The number of hydrogen-bond acceptors (Lipinski definition) is 4. The van der Waals surface area contributed by atoms with Crippen LogP contribution in [0.25, 0.3) is 0 Å². The molecule has 0 spiro atoms. The lowest BCUT2D eigenvalue weighted by molar-refractivity contribution is -0.132. The van der Waals surface area contributed by atoms with Gasteiger partial charge in [0.25, 0.3) is 5.91 Å². The average Bonchev–Trinajstić information content (AvgIpc) is 3.13. The van der Waals surface area contributed by atoms with Gasteiger partial charge in [-0.3, -0.25) is 14.7 Å². The summed E-state index contributed by atoms with van der Waals surface area (Å²) in [5.74, 6) is 0.832. The first-order valence-corrected chi connectivity index (χ1v) is 9.57. The zero-order valence-corrected chi connectivity index (χ0v) is 14.8. The van der Waals surface area contributed by atoms with Gasteiger partial charge in [0.15, 0.2) is 0 Å². The first-order chi connectivity index (χ1) is 12.1. The number of nitrogens with one attached hydrogen (secondary N) is 1. The van der Waals surface area contributed by atoms with Crippen molar-refractivity contribution in [1.29, 1.82) is 0 Å². The Kier molecular flexibility index (Phi) is 5.75. The van der Waals surface area contributed by atoms with Crippen LogP contribution in [0.3, 0.4) is 0 Å². The molecule has 25 heavy (non-hydrogen) atoms. The molecule has 2 heterocycles. The maximum atomic E-state index is 12.7. The molecule has 0 bridgehead atoms. The molecule has 1 aliphatic heterocycles. The number of primary amides is 1. The van der Waals surface area contributed by atoms with E-state index in [1.54, 1.807) is 17.8 Å². The van der Waals surface area contributed by atoms with Crippen molar-refractivity contribution in [2.75, 3.05) is 12.3 Å². The standard InChI is InChI=1S/C18H22N4O2S/c19-18(24)15-10-14(20-21-15)16-8-4-5-9-22(16)17(23)12-25-11-13-6-2-1-3-7-13/h1-3,6-7,10,16H,4-5,8-9,11-12H2,(H2,19,24)(H,20,21)/t16-/m0/s1. The molecule has 3 rings (SSSR count). The zero-order chi connectivity index (χ0) is 17.6. The lowest BCUT2D eigenvalue weighted by Crippen LogP contribution is -2.39. The Morgan fingerprint density at radius 1 is 1.28 bits per heavy atom. The number of carbonyl (C=O) groups is 2. The molecule has 1 saturated heterocycles. The van der Waals surface area contributed by atoms with Gasteiger partial charge in [-0.15, -0.1) is 11.8 Å². The van der Waals surface area contributed by atoms with Gasteiger partial charge in [0.05, 0.1) is 17.5 Å². The largest absolute Gasteiger partial charge is 0.364 e. The van der Waals surface area contributed by atoms with Crippen LogP contribution in [0, 0.1) is 0 Å². The van der Waals surface area contributed by atoms with E-state index in [0.717, 1.165) is 37.3 Å². The van der Waals surface area contributed by atoms with E-state index in [4.69, 9.17) is 5.73 Å². The van der Waals surface area contributed by atoms with E-state index in [2.05, 4.69) is 22.3 Å². The number of H-pyrrole nitrogens is 1. The molecule has 0 unspecified atom stereocenters. The monoisotopic (exact) mass is 358 g/mol. The fraction of sp³-hybridized carbons (Fsp3) is 0.389. The van der Waals surface area contributed by atoms with E-state index in [-0.39, 0.29) is 17.6 Å². The van der Waals surface area contributed by atoms with Crippen LogP contribution in [0.1, 0.15) is 47.1 Å². The normalized spacial score (nSPS) is 17.4. The molecular formula is C18H22N4O2S. The van der Waals surface area contributed by atoms with Crippen LogP contribution in [0.4, 0.5) is 0 Å². The van der Waals surface area contributed by atoms with Crippen molar-refractivity contribution in [2.24, 2.45) is 5.73 Å². The van der Waals surface area contributed by atoms with Gasteiger partial charge in [-0.2, -0.15) is 5.10 Å². The van der Waals surface area contributed by atoms with Crippen LogP contribution in [-0.2, 0) is 10.5 Å². The minimum absolute atomic E-state index is 0.0563. The molecule has 0 saturated carbocycles. The average molecular weight is 358 g/mol. The number of carbonyl (C=O) groups excluding carboxylic acids is 2. The van der Waals surface area contributed by atoms with Crippen molar-refractivity contribution in [1.82, 2.24) is 15.1 Å². The van der Waals surface area contributed by atoms with Crippen molar-refractivity contribution in [2.45, 2.75) is 31.1 Å². The molecule has 1 fully saturated rings. The lowest BCUT2D eigenvalue weighted by Gasteiger charge is -2.35. The minimum Gasteiger partial charge on any atom is -0.364 e. The highest BCUT2D eigenvalue weighted by Crippen LogP contribution is 2.30. The Morgan fingerprint density at radius 2 is 2.08 bits per heavy atom. The van der Waals surface area contributed by atoms with Crippen LogP contribution in [0.5, 0.6) is 0 Å². The Hall–Kier alpha value is -2.28. The topological polar surface area (TPSA) is 92.1 Å². The third kappa shape index (κ3) is 4.42. The van der Waals surface area contributed by atoms with Crippen molar-refractivity contribution >= 4 is 23.6 Å². The molecule has 1 atom stereocenters. The van der Waals surface area contributed by atoms with Crippen LogP contribution in [0.15, 0.2) is 36.4 Å². The van der Waals surface area contributed by atoms with Crippen molar-refractivity contribution in [3.8, 4) is 0 Å². The molecule has 3 N–H and O–H groups in total. The molecule has 1 aliphatic rings. The van der Waals surface area contributed by atoms with E-state index in [1.165, 1.54) is 5.56 Å². The molecule has 2 aromatic rings. The summed E-state index contributed by atoms with van der Waals surface area (Å²) < 4.78 is 0. The highest BCUT2D eigenvalue weighted by Gasteiger charge is 2.29. The SMILES string of the molecule is NC(=O)c1cc([C@@H]2CCCCN2C(=O)CSCc2ccccc2)[nH]n1. The Bertz CT molecular complexity index is 732. The third-order valence-corrected chi connectivity index (χ3v) is 5.36. The number of hydrogen-bond donors (Lipinski definition) is 2. The van der Waals surface area contributed by atoms with E-state index in [1.807, 2.05) is 23.1 Å². The summed E-state index contributed by atoms with van der Waals surface area (Å²) in [6, 6.07) is 11.7. The van der Waals surface area contributed by atoms with Gasteiger partial charge < -0.3 is 10.6 Å². The number of piperidine rings is 1. The van der Waals surface area contributed by atoms with Gasteiger partial charge in [-0.25, -0.2) is 0 Å². The summed E-state index contributed by atoms with van der Waals surface area (Å²) in [6.45, 7) is 0.736. The van der Waals surface area contributed by atoms with Gasteiger partial charge >= 0.3 is 0 Å². The van der Waals surface area contributed by atoms with Crippen molar-refractivity contribution in [3.63, 3.8) is 0 Å². The first kappa shape index (κ1) is 17.5. The number of aromatic amines is 1.